The highest BCUT2D eigenvalue weighted by atomic mass is 32.2. The van der Waals surface area contributed by atoms with Crippen molar-refractivity contribution < 1.29 is 27.5 Å². The van der Waals surface area contributed by atoms with E-state index in [9.17, 15) is 22.8 Å². The van der Waals surface area contributed by atoms with Crippen LogP contribution < -0.4 is 10.1 Å². The van der Waals surface area contributed by atoms with Gasteiger partial charge in [-0.05, 0) is 44.4 Å². The Morgan fingerprint density at radius 3 is 2.48 bits per heavy atom. The summed E-state index contributed by atoms with van der Waals surface area (Å²) in [5.74, 6) is -0.395. The van der Waals surface area contributed by atoms with Crippen LogP contribution in [-0.2, 0) is 25.0 Å². The molecule has 4 amide bonds. The number of methoxy groups -OCH3 is 1. The van der Waals surface area contributed by atoms with Crippen molar-refractivity contribution in [1.29, 1.82) is 0 Å². The van der Waals surface area contributed by atoms with E-state index < -0.39 is 45.8 Å². The molecule has 2 fully saturated rings. The van der Waals surface area contributed by atoms with Crippen LogP contribution in [0.2, 0.25) is 0 Å². The first-order chi connectivity index (χ1) is 14.5. The van der Waals surface area contributed by atoms with Gasteiger partial charge in [0.2, 0.25) is 5.91 Å². The molecule has 3 atom stereocenters. The summed E-state index contributed by atoms with van der Waals surface area (Å²) in [5.41, 5.74) is -0.732. The average molecular weight is 452 g/mol. The molecule has 0 aromatic heterocycles. The maximum Gasteiger partial charge on any atom is 0.325 e. The normalized spacial score (nSPS) is 25.9. The molecule has 2 aliphatic rings. The molecular formula is C21H29N3O6S. The number of carbonyl (C=O) groups excluding carboxylic acids is 3. The summed E-state index contributed by atoms with van der Waals surface area (Å²) >= 11 is 0. The van der Waals surface area contributed by atoms with Crippen LogP contribution in [0, 0.1) is 0 Å². The van der Waals surface area contributed by atoms with Gasteiger partial charge in [0.1, 0.15) is 17.8 Å². The fourth-order valence-corrected chi connectivity index (χ4v) is 5.89. The minimum absolute atomic E-state index is 0.0382. The monoisotopic (exact) mass is 451 g/mol. The molecule has 0 radical (unpaired) electrons. The van der Waals surface area contributed by atoms with Crippen LogP contribution in [0.4, 0.5) is 4.79 Å². The third kappa shape index (κ3) is 4.39. The van der Waals surface area contributed by atoms with Crippen molar-refractivity contribution in [2.75, 3.05) is 25.2 Å². The van der Waals surface area contributed by atoms with Crippen molar-refractivity contribution in [3.8, 4) is 5.75 Å². The Morgan fingerprint density at radius 1 is 1.32 bits per heavy atom. The summed E-state index contributed by atoms with van der Waals surface area (Å²) in [4.78, 5) is 41.4. The summed E-state index contributed by atoms with van der Waals surface area (Å²) < 4.78 is 29.0. The van der Waals surface area contributed by atoms with Crippen LogP contribution in [0.1, 0.15) is 39.2 Å². The number of imide groups is 1. The lowest BCUT2D eigenvalue weighted by molar-refractivity contribution is -0.141. The van der Waals surface area contributed by atoms with Crippen molar-refractivity contribution in [1.82, 2.24) is 15.1 Å². The first-order valence-corrected chi connectivity index (χ1v) is 12.1. The number of hydrogen-bond donors (Lipinski definition) is 1. The van der Waals surface area contributed by atoms with Crippen molar-refractivity contribution in [3.63, 3.8) is 0 Å². The quantitative estimate of drug-likeness (QED) is 0.625. The van der Waals surface area contributed by atoms with Crippen LogP contribution in [0.3, 0.4) is 0 Å². The van der Waals surface area contributed by atoms with Gasteiger partial charge in [-0.15, -0.1) is 0 Å². The Labute approximate surface area is 182 Å². The second kappa shape index (κ2) is 8.49. The molecule has 0 saturated carbocycles. The highest BCUT2D eigenvalue weighted by Gasteiger charge is 2.50. The first kappa shape index (κ1) is 23.1. The van der Waals surface area contributed by atoms with Gasteiger partial charge < -0.3 is 15.0 Å². The summed E-state index contributed by atoms with van der Waals surface area (Å²) in [7, 11) is -1.66. The Kier molecular flexibility index (Phi) is 6.31. The smallest absolute Gasteiger partial charge is 0.325 e. The number of nitrogens with zero attached hydrogens (tertiary/aromatic N) is 2. The predicted octanol–water partition coefficient (Wildman–Crippen LogP) is 1.28. The number of amides is 4. The Hall–Kier alpha value is -2.62. The topological polar surface area (TPSA) is 113 Å². The van der Waals surface area contributed by atoms with Gasteiger partial charge in [0.05, 0.1) is 18.6 Å². The van der Waals surface area contributed by atoms with E-state index in [1.807, 2.05) is 13.8 Å². The van der Waals surface area contributed by atoms with Crippen LogP contribution in [0.5, 0.6) is 5.75 Å². The molecule has 2 saturated heterocycles. The van der Waals surface area contributed by atoms with Crippen LogP contribution in [0.15, 0.2) is 24.3 Å². The predicted molar refractivity (Wildman–Crippen MR) is 114 cm³/mol. The molecule has 1 aromatic carbocycles. The number of sulfone groups is 1. The zero-order chi connectivity index (χ0) is 23.0. The van der Waals surface area contributed by atoms with Crippen molar-refractivity contribution in [3.05, 3.63) is 29.8 Å². The van der Waals surface area contributed by atoms with E-state index in [0.29, 0.717) is 24.2 Å². The standard InChI is InChI=1S/C21H29N3O6S/c1-5-14(2)24(16-10-11-31(28,29)13-16)18(25)12-23-19(26)21(3,22-20(23)27)15-6-8-17(30-4)9-7-15/h6-9,14,16H,5,10-13H2,1-4H3,(H,22,27)/t14-,16-,21-/m1/s1. The molecule has 0 bridgehead atoms. The maximum atomic E-state index is 13.2. The zero-order valence-corrected chi connectivity index (χ0v) is 19.1. The molecule has 2 heterocycles. The summed E-state index contributed by atoms with van der Waals surface area (Å²) in [6.07, 6.45) is 0.994. The molecule has 31 heavy (non-hydrogen) atoms. The molecule has 0 unspecified atom stereocenters. The summed E-state index contributed by atoms with van der Waals surface area (Å²) in [5, 5.41) is 2.68. The molecule has 170 valence electrons. The van der Waals surface area contributed by atoms with Gasteiger partial charge in [-0.2, -0.15) is 0 Å². The lowest BCUT2D eigenvalue weighted by Gasteiger charge is -2.34. The van der Waals surface area contributed by atoms with Gasteiger partial charge in [0.25, 0.3) is 5.91 Å². The molecule has 2 aliphatic heterocycles. The molecular weight excluding hydrogens is 422 g/mol. The van der Waals surface area contributed by atoms with Gasteiger partial charge in [-0.3, -0.25) is 14.5 Å². The van der Waals surface area contributed by atoms with Crippen LogP contribution >= 0.6 is 0 Å². The van der Waals surface area contributed by atoms with E-state index in [2.05, 4.69) is 5.32 Å². The number of hydrogen-bond acceptors (Lipinski definition) is 6. The highest BCUT2D eigenvalue weighted by Crippen LogP contribution is 2.30. The van der Waals surface area contributed by atoms with E-state index in [1.54, 1.807) is 31.2 Å². The second-order valence-corrected chi connectivity index (χ2v) is 10.5. The number of ether oxygens (including phenoxy) is 1. The lowest BCUT2D eigenvalue weighted by Crippen LogP contribution is -2.51. The average Bonchev–Trinajstić information content (AvgIpc) is 3.19. The van der Waals surface area contributed by atoms with Gasteiger partial charge >= 0.3 is 6.03 Å². The van der Waals surface area contributed by atoms with E-state index >= 15 is 0 Å². The van der Waals surface area contributed by atoms with Gasteiger partial charge in [-0.1, -0.05) is 19.1 Å². The molecule has 1 N–H and O–H groups in total. The number of carbonyl (C=O) groups is 3. The molecule has 10 heteroatoms. The van der Waals surface area contributed by atoms with E-state index in [1.165, 1.54) is 12.0 Å². The second-order valence-electron chi connectivity index (χ2n) is 8.29. The van der Waals surface area contributed by atoms with Gasteiger partial charge in [0, 0.05) is 12.1 Å². The molecule has 3 rings (SSSR count). The number of nitrogens with one attached hydrogen (secondary N) is 1. The van der Waals surface area contributed by atoms with Crippen molar-refractivity contribution >= 4 is 27.7 Å². The third-order valence-electron chi connectivity index (χ3n) is 6.19. The Balaban J connectivity index is 1.81. The Bertz CT molecular complexity index is 977. The van der Waals surface area contributed by atoms with E-state index in [0.717, 1.165) is 4.90 Å². The third-order valence-corrected chi connectivity index (χ3v) is 7.94. The van der Waals surface area contributed by atoms with E-state index in [4.69, 9.17) is 4.74 Å². The van der Waals surface area contributed by atoms with Gasteiger partial charge in [-0.25, -0.2) is 13.2 Å². The molecule has 0 aliphatic carbocycles. The maximum absolute atomic E-state index is 13.2. The number of rotatable bonds is 7. The largest absolute Gasteiger partial charge is 0.497 e. The van der Waals surface area contributed by atoms with Crippen LogP contribution in [-0.4, -0.2) is 73.3 Å². The van der Waals surface area contributed by atoms with Gasteiger partial charge in [0.15, 0.2) is 9.84 Å². The minimum Gasteiger partial charge on any atom is -0.497 e. The number of urea groups is 1. The first-order valence-electron chi connectivity index (χ1n) is 10.3. The molecule has 1 aromatic rings. The minimum atomic E-state index is -3.19. The van der Waals surface area contributed by atoms with E-state index in [-0.39, 0.29) is 17.5 Å². The SMILES string of the molecule is CC[C@@H](C)N(C(=O)CN1C(=O)N[C@](C)(c2ccc(OC)cc2)C1=O)[C@@H]1CCS(=O)(=O)C1. The fourth-order valence-electron chi connectivity index (χ4n) is 4.18. The number of benzene rings is 1. The van der Waals surface area contributed by atoms with Crippen molar-refractivity contribution in [2.45, 2.75) is 51.2 Å². The van der Waals surface area contributed by atoms with Crippen LogP contribution in [0.25, 0.3) is 0 Å². The molecule has 0 spiro atoms. The summed E-state index contributed by atoms with van der Waals surface area (Å²) in [6, 6.07) is 5.47. The fraction of sp³-hybridized carbons (Fsp3) is 0.571. The zero-order valence-electron chi connectivity index (χ0n) is 18.3. The highest BCUT2D eigenvalue weighted by molar-refractivity contribution is 7.91. The molecule has 9 nitrogen and oxygen atoms in total. The van der Waals surface area contributed by atoms with Crippen molar-refractivity contribution in [2.24, 2.45) is 0 Å². The lowest BCUT2D eigenvalue weighted by atomic mass is 9.92. The Morgan fingerprint density at radius 2 is 1.97 bits per heavy atom. The summed E-state index contributed by atoms with van der Waals surface area (Å²) in [6.45, 7) is 4.91.